The van der Waals surface area contributed by atoms with E-state index in [4.69, 9.17) is 44.2 Å². The molecule has 1 aromatic carbocycles. The van der Waals surface area contributed by atoms with Gasteiger partial charge in [-0.15, -0.1) is 0 Å². The van der Waals surface area contributed by atoms with Crippen LogP contribution in [0.2, 0.25) is 10.0 Å². The van der Waals surface area contributed by atoms with E-state index in [1.807, 2.05) is 0 Å². The molecule has 0 fully saturated rings. The third kappa shape index (κ3) is 1.54. The van der Waals surface area contributed by atoms with Gasteiger partial charge in [0.25, 0.3) is 0 Å². The fourth-order valence-electron chi connectivity index (χ4n) is 1.11. The summed E-state index contributed by atoms with van der Waals surface area (Å²) in [6.45, 7) is 0. The minimum Gasteiger partial charge on any atom is -0.192 e. The quantitative estimate of drug-likeness (QED) is 0.703. The van der Waals surface area contributed by atoms with Gasteiger partial charge in [0.15, 0.2) is 0 Å². The van der Waals surface area contributed by atoms with Gasteiger partial charge in [-0.3, -0.25) is 0 Å². The van der Waals surface area contributed by atoms with Gasteiger partial charge in [0.1, 0.15) is 24.3 Å². The minimum atomic E-state index is -0.209. The molecule has 0 aliphatic rings. The summed E-state index contributed by atoms with van der Waals surface area (Å²) in [6.07, 6.45) is 0. The van der Waals surface area contributed by atoms with Crippen molar-refractivity contribution in [1.82, 2.24) is 0 Å². The first-order valence-electron chi connectivity index (χ1n) is 3.77. The second kappa shape index (κ2) is 4.52. The maximum Gasteiger partial charge on any atom is 0.102 e. The summed E-state index contributed by atoms with van der Waals surface area (Å²) < 4.78 is 0. The largest absolute Gasteiger partial charge is 0.192 e. The molecular weight excluding hydrogens is 247 g/mol. The minimum absolute atomic E-state index is 0.171. The Labute approximate surface area is 101 Å². The number of hydrogen-bond acceptors (Lipinski definition) is 4. The Kier molecular flexibility index (Phi) is 3.34. The average Bonchev–Trinajstić information content (AvgIpc) is 2.29. The van der Waals surface area contributed by atoms with E-state index in [-0.39, 0.29) is 32.3 Å². The van der Waals surface area contributed by atoms with Crippen molar-refractivity contribution in [3.05, 3.63) is 32.3 Å². The molecule has 0 bridgehead atoms. The molecule has 1 rings (SSSR count). The van der Waals surface area contributed by atoms with Crippen LogP contribution in [0.5, 0.6) is 0 Å². The third-order valence-corrected chi connectivity index (χ3v) is 2.58. The maximum absolute atomic E-state index is 8.82. The zero-order valence-electron chi connectivity index (χ0n) is 7.54. The fourth-order valence-corrected chi connectivity index (χ4v) is 1.71. The van der Waals surface area contributed by atoms with Gasteiger partial charge in [0.2, 0.25) is 0 Å². The lowest BCUT2D eigenvalue weighted by Crippen LogP contribution is -1.97. The van der Waals surface area contributed by atoms with Crippen molar-refractivity contribution in [3.63, 3.8) is 0 Å². The highest BCUT2D eigenvalue weighted by molar-refractivity contribution is 6.38. The first-order chi connectivity index (χ1) is 7.62. The van der Waals surface area contributed by atoms with E-state index in [0.717, 1.165) is 0 Å². The van der Waals surface area contributed by atoms with Crippen molar-refractivity contribution in [2.45, 2.75) is 0 Å². The summed E-state index contributed by atoms with van der Waals surface area (Å²) in [7, 11) is 0. The second-order valence-electron chi connectivity index (χ2n) is 2.58. The highest BCUT2D eigenvalue weighted by Gasteiger charge is 2.21. The number of nitrogens with zero attached hydrogens (tertiary/aromatic N) is 4. The molecule has 0 spiro atoms. The Hall–Kier alpha value is -2.24. The van der Waals surface area contributed by atoms with E-state index in [9.17, 15) is 0 Å². The number of nitriles is 4. The summed E-state index contributed by atoms with van der Waals surface area (Å²) in [6, 6.07) is 6.72. The van der Waals surface area contributed by atoms with Crippen LogP contribution < -0.4 is 0 Å². The molecule has 0 aliphatic heterocycles. The van der Waals surface area contributed by atoms with Gasteiger partial charge < -0.3 is 0 Å². The van der Waals surface area contributed by atoms with Crippen LogP contribution >= 0.6 is 23.2 Å². The van der Waals surface area contributed by atoms with Gasteiger partial charge in [0, 0.05) is 0 Å². The zero-order chi connectivity index (χ0) is 12.3. The molecule has 0 radical (unpaired) electrons. The zero-order valence-corrected chi connectivity index (χ0v) is 9.06. The summed E-state index contributed by atoms with van der Waals surface area (Å²) in [4.78, 5) is 0. The molecule has 0 saturated carbocycles. The van der Waals surface area contributed by atoms with Crippen molar-refractivity contribution in [1.29, 1.82) is 21.0 Å². The predicted molar refractivity (Wildman–Crippen MR) is 55.3 cm³/mol. The van der Waals surface area contributed by atoms with E-state index < -0.39 is 0 Å². The lowest BCUT2D eigenvalue weighted by molar-refractivity contribution is 1.37. The van der Waals surface area contributed by atoms with E-state index in [1.165, 1.54) is 0 Å². The van der Waals surface area contributed by atoms with Crippen molar-refractivity contribution in [2.24, 2.45) is 0 Å². The number of rotatable bonds is 0. The average molecular weight is 247 g/mol. The van der Waals surface area contributed by atoms with Crippen molar-refractivity contribution in [3.8, 4) is 24.3 Å². The van der Waals surface area contributed by atoms with Crippen LogP contribution in [-0.4, -0.2) is 0 Å². The molecule has 0 saturated heterocycles. The van der Waals surface area contributed by atoms with Gasteiger partial charge in [-0.25, -0.2) is 0 Å². The Morgan fingerprint density at radius 2 is 0.875 bits per heavy atom. The first-order valence-corrected chi connectivity index (χ1v) is 4.53. The highest BCUT2D eigenvalue weighted by atomic mass is 35.5. The van der Waals surface area contributed by atoms with Crippen LogP contribution in [0.15, 0.2) is 0 Å². The van der Waals surface area contributed by atoms with Gasteiger partial charge >= 0.3 is 0 Å². The monoisotopic (exact) mass is 246 g/mol. The van der Waals surface area contributed by atoms with Gasteiger partial charge in [0.05, 0.1) is 32.3 Å². The first kappa shape index (κ1) is 11.8. The molecule has 0 atom stereocenters. The third-order valence-electron chi connectivity index (χ3n) is 1.83. The molecule has 16 heavy (non-hydrogen) atoms. The normalized spacial score (nSPS) is 8.38. The van der Waals surface area contributed by atoms with Crippen LogP contribution in [0.1, 0.15) is 22.3 Å². The summed E-state index contributed by atoms with van der Waals surface area (Å²) in [5.74, 6) is 0. The molecule has 0 amide bonds. The van der Waals surface area contributed by atoms with Crippen molar-refractivity contribution >= 4 is 23.2 Å². The fraction of sp³-hybridized carbons (Fsp3) is 0. The van der Waals surface area contributed by atoms with Crippen LogP contribution in [0.4, 0.5) is 0 Å². The van der Waals surface area contributed by atoms with Gasteiger partial charge in [-0.05, 0) is 0 Å². The second-order valence-corrected chi connectivity index (χ2v) is 3.33. The van der Waals surface area contributed by atoms with E-state index in [1.54, 1.807) is 24.3 Å². The molecular formula is C10Cl2N4. The number of hydrogen-bond donors (Lipinski definition) is 0. The maximum atomic E-state index is 8.82. The van der Waals surface area contributed by atoms with Crippen molar-refractivity contribution < 1.29 is 0 Å². The molecule has 1 aromatic rings. The Morgan fingerprint density at radius 3 is 1.12 bits per heavy atom. The van der Waals surface area contributed by atoms with Gasteiger partial charge in [-0.1, -0.05) is 23.2 Å². The molecule has 0 N–H and O–H groups in total. The molecule has 4 nitrogen and oxygen atoms in total. The Balaban J connectivity index is 3.99. The van der Waals surface area contributed by atoms with E-state index >= 15 is 0 Å². The van der Waals surface area contributed by atoms with Crippen molar-refractivity contribution in [2.75, 3.05) is 0 Å². The Morgan fingerprint density at radius 1 is 0.562 bits per heavy atom. The van der Waals surface area contributed by atoms with Crippen LogP contribution in [0.25, 0.3) is 0 Å². The summed E-state index contributed by atoms with van der Waals surface area (Å²) in [5, 5.41) is 34.8. The van der Waals surface area contributed by atoms with E-state index in [0.29, 0.717) is 0 Å². The summed E-state index contributed by atoms with van der Waals surface area (Å²) >= 11 is 11.5. The molecule has 0 aromatic heterocycles. The lowest BCUT2D eigenvalue weighted by Gasteiger charge is -2.05. The van der Waals surface area contributed by atoms with Crippen LogP contribution in [-0.2, 0) is 0 Å². The molecule has 0 aliphatic carbocycles. The standard InChI is InChI=1S/C10Cl2N4/c11-9-6(2-14)5(1-13)7(3-15)10(12)8(9)4-16. The molecule has 6 heteroatoms. The molecule has 0 heterocycles. The number of benzene rings is 1. The van der Waals surface area contributed by atoms with Crippen LogP contribution in [0, 0.1) is 45.3 Å². The van der Waals surface area contributed by atoms with E-state index in [2.05, 4.69) is 0 Å². The Bertz CT molecular complexity index is 594. The molecule has 74 valence electrons. The van der Waals surface area contributed by atoms with Gasteiger partial charge in [-0.2, -0.15) is 21.0 Å². The number of halogens is 2. The molecule has 0 unspecified atom stereocenters. The highest BCUT2D eigenvalue weighted by Crippen LogP contribution is 2.33. The smallest absolute Gasteiger partial charge is 0.102 e. The topological polar surface area (TPSA) is 95.2 Å². The van der Waals surface area contributed by atoms with Crippen LogP contribution in [0.3, 0.4) is 0 Å². The lowest BCUT2D eigenvalue weighted by atomic mass is 9.99. The predicted octanol–water partition coefficient (Wildman–Crippen LogP) is 2.48. The SMILES string of the molecule is N#Cc1c(Cl)c(C#N)c(C#N)c(C#N)c1Cl. The summed E-state index contributed by atoms with van der Waals surface area (Å²) in [5.41, 5.74) is -0.794.